The monoisotopic (exact) mass is 395 g/mol. The third-order valence-electron chi connectivity index (χ3n) is 5.14. The molecule has 0 radical (unpaired) electrons. The Labute approximate surface area is 172 Å². The predicted molar refractivity (Wildman–Crippen MR) is 112 cm³/mol. The molecule has 1 fully saturated rings. The van der Waals surface area contributed by atoms with E-state index in [2.05, 4.69) is 22.5 Å². The van der Waals surface area contributed by atoms with Crippen molar-refractivity contribution in [2.75, 3.05) is 5.32 Å². The maximum Gasteiger partial charge on any atom is 0.313 e. The van der Waals surface area contributed by atoms with Crippen LogP contribution in [0.4, 0.5) is 5.69 Å². The van der Waals surface area contributed by atoms with Gasteiger partial charge in [0, 0.05) is 11.4 Å². The van der Waals surface area contributed by atoms with Gasteiger partial charge in [-0.05, 0) is 55.5 Å². The molecule has 2 aromatic rings. The van der Waals surface area contributed by atoms with Crippen LogP contribution >= 0.6 is 0 Å². The minimum atomic E-state index is -0.697. The van der Waals surface area contributed by atoms with E-state index in [0.29, 0.717) is 30.0 Å². The summed E-state index contributed by atoms with van der Waals surface area (Å²) in [6, 6.07) is 13.0. The smallest absolute Gasteiger partial charge is 0.313 e. The number of ether oxygens (including phenoxy) is 1. The number of pyridine rings is 1. The summed E-state index contributed by atoms with van der Waals surface area (Å²) < 4.78 is 6.05. The van der Waals surface area contributed by atoms with Gasteiger partial charge in [-0.1, -0.05) is 38.0 Å². The molecule has 2 unspecified atom stereocenters. The van der Waals surface area contributed by atoms with E-state index in [-0.39, 0.29) is 6.54 Å². The van der Waals surface area contributed by atoms with Crippen LogP contribution in [0.5, 0.6) is 0 Å². The number of hydrogen-bond acceptors (Lipinski definition) is 4. The fraction of sp³-hybridized carbons (Fsp3) is 0.435. The highest BCUT2D eigenvalue weighted by Gasteiger charge is 2.19. The lowest BCUT2D eigenvalue weighted by atomic mass is 9.89. The second-order valence-corrected chi connectivity index (χ2v) is 7.81. The van der Waals surface area contributed by atoms with Crippen molar-refractivity contribution in [2.24, 2.45) is 5.92 Å². The molecule has 1 aromatic heterocycles. The molecule has 154 valence electrons. The van der Waals surface area contributed by atoms with Gasteiger partial charge >= 0.3 is 11.8 Å². The minimum Gasteiger partial charge on any atom is -0.374 e. The molecule has 0 spiro atoms. The first-order chi connectivity index (χ1) is 14.0. The third-order valence-corrected chi connectivity index (χ3v) is 5.14. The second-order valence-electron chi connectivity index (χ2n) is 7.81. The van der Waals surface area contributed by atoms with Crippen LogP contribution in [0.15, 0.2) is 42.5 Å². The number of aryl methyl sites for hydroxylation is 1. The van der Waals surface area contributed by atoms with Gasteiger partial charge in [0.25, 0.3) is 0 Å². The molecule has 2 atom stereocenters. The molecule has 29 heavy (non-hydrogen) atoms. The number of hydrogen-bond donors (Lipinski definition) is 2. The van der Waals surface area contributed by atoms with Gasteiger partial charge in [0.15, 0.2) is 0 Å². The number of rotatable bonds is 6. The lowest BCUT2D eigenvalue weighted by molar-refractivity contribution is -0.136. The zero-order valence-corrected chi connectivity index (χ0v) is 17.1. The van der Waals surface area contributed by atoms with Crippen molar-refractivity contribution in [2.45, 2.75) is 58.8 Å². The average Bonchev–Trinajstić information content (AvgIpc) is 2.71. The summed E-state index contributed by atoms with van der Waals surface area (Å²) in [7, 11) is 0. The predicted octanol–water partition coefficient (Wildman–Crippen LogP) is 3.74. The van der Waals surface area contributed by atoms with Gasteiger partial charge in [-0.15, -0.1) is 0 Å². The second kappa shape index (κ2) is 10.2. The largest absolute Gasteiger partial charge is 0.374 e. The van der Waals surface area contributed by atoms with Crippen molar-refractivity contribution in [1.29, 1.82) is 0 Å². The number of carbonyl (C=O) groups excluding carboxylic acids is 2. The number of anilines is 1. The highest BCUT2D eigenvalue weighted by molar-refractivity contribution is 6.39. The van der Waals surface area contributed by atoms with Crippen molar-refractivity contribution >= 4 is 17.5 Å². The molecule has 1 heterocycles. The first kappa shape index (κ1) is 21.0. The maximum absolute atomic E-state index is 12.2. The van der Waals surface area contributed by atoms with Crippen LogP contribution in [0, 0.1) is 12.8 Å². The Morgan fingerprint density at radius 2 is 1.97 bits per heavy atom. The fourth-order valence-corrected chi connectivity index (χ4v) is 3.62. The summed E-state index contributed by atoms with van der Waals surface area (Å²) in [4.78, 5) is 28.6. The normalized spacial score (nSPS) is 18.8. The summed E-state index contributed by atoms with van der Waals surface area (Å²) in [6.45, 7) is 4.86. The van der Waals surface area contributed by atoms with E-state index in [4.69, 9.17) is 4.74 Å². The summed E-state index contributed by atoms with van der Waals surface area (Å²) >= 11 is 0. The van der Waals surface area contributed by atoms with Crippen LogP contribution in [0.25, 0.3) is 0 Å². The topological polar surface area (TPSA) is 80.3 Å². The summed E-state index contributed by atoms with van der Waals surface area (Å²) in [5.41, 5.74) is 3.13. The standard InChI is InChI=1S/C23H29N3O3/c1-16-6-3-11-21(12-16)29-15-18-8-5-9-19(13-18)26-23(28)22(27)24-14-20-10-4-7-17(2)25-20/h4-5,7-10,13,16,21H,3,6,11-12,14-15H2,1-2H3,(H,24,27)(H,26,28). The van der Waals surface area contributed by atoms with Crippen LogP contribution in [-0.4, -0.2) is 22.9 Å². The lowest BCUT2D eigenvalue weighted by Crippen LogP contribution is -2.35. The molecule has 3 rings (SSSR count). The van der Waals surface area contributed by atoms with Crippen LogP contribution in [0.2, 0.25) is 0 Å². The molecule has 2 N–H and O–H groups in total. The molecular weight excluding hydrogens is 366 g/mol. The first-order valence-corrected chi connectivity index (χ1v) is 10.2. The highest BCUT2D eigenvalue weighted by Crippen LogP contribution is 2.26. The Morgan fingerprint density at radius 1 is 1.14 bits per heavy atom. The summed E-state index contributed by atoms with van der Waals surface area (Å²) in [5.74, 6) is -0.670. The van der Waals surface area contributed by atoms with Crippen LogP contribution in [-0.2, 0) is 27.5 Å². The van der Waals surface area contributed by atoms with Gasteiger partial charge in [0.05, 0.1) is 24.9 Å². The Balaban J connectivity index is 1.48. The minimum absolute atomic E-state index is 0.210. The van der Waals surface area contributed by atoms with Crippen molar-refractivity contribution < 1.29 is 14.3 Å². The lowest BCUT2D eigenvalue weighted by Gasteiger charge is -2.26. The van der Waals surface area contributed by atoms with E-state index >= 15 is 0 Å². The van der Waals surface area contributed by atoms with Crippen molar-refractivity contribution in [3.05, 3.63) is 59.4 Å². The highest BCUT2D eigenvalue weighted by atomic mass is 16.5. The molecule has 1 aliphatic rings. The van der Waals surface area contributed by atoms with Crippen molar-refractivity contribution in [3.8, 4) is 0 Å². The zero-order chi connectivity index (χ0) is 20.6. The van der Waals surface area contributed by atoms with Crippen LogP contribution in [0.1, 0.15) is 49.6 Å². The molecule has 6 nitrogen and oxygen atoms in total. The van der Waals surface area contributed by atoms with Crippen LogP contribution < -0.4 is 10.6 Å². The molecule has 0 aliphatic heterocycles. The molecule has 1 aliphatic carbocycles. The van der Waals surface area contributed by atoms with Gasteiger partial charge in [-0.2, -0.15) is 0 Å². The van der Waals surface area contributed by atoms with Gasteiger partial charge in [-0.3, -0.25) is 14.6 Å². The number of nitrogens with zero attached hydrogens (tertiary/aromatic N) is 1. The Morgan fingerprint density at radius 3 is 2.76 bits per heavy atom. The molecule has 1 saturated carbocycles. The molecule has 1 aromatic carbocycles. The zero-order valence-electron chi connectivity index (χ0n) is 17.1. The van der Waals surface area contributed by atoms with E-state index in [1.807, 2.05) is 43.3 Å². The number of nitrogens with one attached hydrogen (secondary N) is 2. The van der Waals surface area contributed by atoms with Crippen molar-refractivity contribution in [1.82, 2.24) is 10.3 Å². The van der Waals surface area contributed by atoms with Crippen LogP contribution in [0.3, 0.4) is 0 Å². The van der Waals surface area contributed by atoms with E-state index in [1.165, 1.54) is 12.8 Å². The van der Waals surface area contributed by atoms with Crippen molar-refractivity contribution in [3.63, 3.8) is 0 Å². The van der Waals surface area contributed by atoms with Gasteiger partial charge in [0.1, 0.15) is 0 Å². The molecule has 6 heteroatoms. The molecule has 0 saturated heterocycles. The van der Waals surface area contributed by atoms with Gasteiger partial charge in [-0.25, -0.2) is 0 Å². The van der Waals surface area contributed by atoms with E-state index < -0.39 is 11.8 Å². The Kier molecular flexibility index (Phi) is 7.36. The Bertz CT molecular complexity index is 853. The van der Waals surface area contributed by atoms with E-state index in [1.54, 1.807) is 6.07 Å². The summed E-state index contributed by atoms with van der Waals surface area (Å²) in [5, 5.41) is 5.24. The molecular formula is C23H29N3O3. The van der Waals surface area contributed by atoms with E-state index in [9.17, 15) is 9.59 Å². The summed E-state index contributed by atoms with van der Waals surface area (Å²) in [6.07, 6.45) is 5.01. The molecule has 0 bridgehead atoms. The van der Waals surface area contributed by atoms with Gasteiger partial charge in [0.2, 0.25) is 0 Å². The number of carbonyl (C=O) groups is 2. The number of benzene rings is 1. The molecule has 2 amide bonds. The van der Waals surface area contributed by atoms with Gasteiger partial charge < -0.3 is 15.4 Å². The Hall–Kier alpha value is -2.73. The quantitative estimate of drug-likeness (QED) is 0.730. The SMILES string of the molecule is Cc1cccc(CNC(=O)C(=O)Nc2cccc(COC3CCCC(C)C3)c2)n1. The fourth-order valence-electron chi connectivity index (χ4n) is 3.62. The maximum atomic E-state index is 12.2. The first-order valence-electron chi connectivity index (χ1n) is 10.2. The number of aromatic nitrogens is 1. The van der Waals surface area contributed by atoms with E-state index in [0.717, 1.165) is 24.1 Å². The number of amides is 2. The third kappa shape index (κ3) is 6.68. The average molecular weight is 396 g/mol.